The van der Waals surface area contributed by atoms with Crippen molar-refractivity contribution >= 4 is 9.84 Å². The molecule has 17 heavy (non-hydrogen) atoms. The number of hydrogen-bond donors (Lipinski definition) is 1. The molecule has 0 saturated carbocycles. The Morgan fingerprint density at radius 2 is 2.06 bits per heavy atom. The summed E-state index contributed by atoms with van der Waals surface area (Å²) < 4.78 is 23.1. The molecule has 1 aliphatic heterocycles. The minimum atomic E-state index is -2.83. The van der Waals surface area contributed by atoms with Crippen LogP contribution in [-0.4, -0.2) is 57.5 Å². The van der Waals surface area contributed by atoms with Gasteiger partial charge in [0.2, 0.25) is 0 Å². The van der Waals surface area contributed by atoms with E-state index in [4.69, 9.17) is 0 Å². The molecule has 1 heterocycles. The number of rotatable bonds is 6. The van der Waals surface area contributed by atoms with Crippen LogP contribution in [0.3, 0.4) is 0 Å². The highest BCUT2D eigenvalue weighted by Gasteiger charge is 2.23. The first-order valence-electron chi connectivity index (χ1n) is 6.57. The molecule has 1 aliphatic rings. The number of piperidine rings is 1. The predicted molar refractivity (Wildman–Crippen MR) is 72.0 cm³/mol. The number of nitrogens with zero attached hydrogens (tertiary/aromatic N) is 1. The van der Waals surface area contributed by atoms with E-state index in [-0.39, 0.29) is 5.75 Å². The van der Waals surface area contributed by atoms with Gasteiger partial charge in [-0.2, -0.15) is 0 Å². The molecule has 0 spiro atoms. The van der Waals surface area contributed by atoms with Crippen molar-refractivity contribution < 1.29 is 8.42 Å². The Morgan fingerprint density at radius 1 is 1.35 bits per heavy atom. The van der Waals surface area contributed by atoms with Crippen LogP contribution >= 0.6 is 0 Å². The maximum absolute atomic E-state index is 11.6. The van der Waals surface area contributed by atoms with E-state index in [1.807, 2.05) is 6.92 Å². The highest BCUT2D eigenvalue weighted by molar-refractivity contribution is 7.91. The van der Waals surface area contributed by atoms with Crippen molar-refractivity contribution in [3.63, 3.8) is 0 Å². The molecule has 0 aromatic heterocycles. The largest absolute Gasteiger partial charge is 0.313 e. The summed E-state index contributed by atoms with van der Waals surface area (Å²) in [7, 11) is -0.696. The van der Waals surface area contributed by atoms with E-state index in [2.05, 4.69) is 24.2 Å². The molecule has 4 nitrogen and oxygen atoms in total. The second-order valence-corrected chi connectivity index (χ2v) is 7.54. The quantitative estimate of drug-likeness (QED) is 0.767. The van der Waals surface area contributed by atoms with Gasteiger partial charge in [0.15, 0.2) is 9.84 Å². The first kappa shape index (κ1) is 14.9. The second-order valence-electron chi connectivity index (χ2n) is 5.24. The molecular formula is C12H26N2O2S. The summed E-state index contributed by atoms with van der Waals surface area (Å²) in [5.74, 6) is 1.19. The van der Waals surface area contributed by atoms with Crippen LogP contribution in [-0.2, 0) is 9.84 Å². The molecule has 2 atom stereocenters. The van der Waals surface area contributed by atoms with Crippen molar-refractivity contribution in [2.24, 2.45) is 5.92 Å². The van der Waals surface area contributed by atoms with Crippen molar-refractivity contribution in [1.29, 1.82) is 0 Å². The number of hydrogen-bond acceptors (Lipinski definition) is 4. The first-order valence-corrected chi connectivity index (χ1v) is 8.39. The van der Waals surface area contributed by atoms with Crippen LogP contribution in [0.2, 0.25) is 0 Å². The Morgan fingerprint density at radius 3 is 2.65 bits per heavy atom. The van der Waals surface area contributed by atoms with Crippen LogP contribution in [0.25, 0.3) is 0 Å². The van der Waals surface area contributed by atoms with Crippen molar-refractivity contribution in [2.45, 2.75) is 32.7 Å². The minimum Gasteiger partial charge on any atom is -0.313 e. The third-order valence-corrected chi connectivity index (χ3v) is 5.30. The Balaban J connectivity index is 2.27. The third-order valence-electron chi connectivity index (χ3n) is 3.44. The van der Waals surface area contributed by atoms with E-state index in [9.17, 15) is 8.42 Å². The molecule has 5 heteroatoms. The molecule has 0 radical (unpaired) electrons. The summed E-state index contributed by atoms with van der Waals surface area (Å²) in [6.07, 6.45) is 1.83. The van der Waals surface area contributed by atoms with Crippen LogP contribution in [0.15, 0.2) is 0 Å². The molecule has 0 aromatic carbocycles. The highest BCUT2D eigenvalue weighted by atomic mass is 32.2. The molecule has 0 aromatic rings. The lowest BCUT2D eigenvalue weighted by Crippen LogP contribution is -2.48. The van der Waals surface area contributed by atoms with Gasteiger partial charge in [0.25, 0.3) is 0 Å². The van der Waals surface area contributed by atoms with Gasteiger partial charge in [0.1, 0.15) is 0 Å². The van der Waals surface area contributed by atoms with E-state index >= 15 is 0 Å². The minimum absolute atomic E-state index is 0.278. The zero-order chi connectivity index (χ0) is 12.9. The maximum atomic E-state index is 11.6. The Kier molecular flexibility index (Phi) is 5.89. The molecule has 102 valence electrons. The summed E-state index contributed by atoms with van der Waals surface area (Å²) >= 11 is 0. The van der Waals surface area contributed by atoms with Gasteiger partial charge in [-0.3, -0.25) is 0 Å². The highest BCUT2D eigenvalue weighted by Crippen LogP contribution is 2.14. The van der Waals surface area contributed by atoms with Gasteiger partial charge in [-0.05, 0) is 32.4 Å². The van der Waals surface area contributed by atoms with Gasteiger partial charge in [-0.25, -0.2) is 8.42 Å². The SMILES string of the molecule is CCCS(=O)(=O)CCNC1CCN(C)CC1C. The molecule has 1 fully saturated rings. The lowest BCUT2D eigenvalue weighted by molar-refractivity contribution is 0.177. The van der Waals surface area contributed by atoms with Gasteiger partial charge in [0.05, 0.1) is 5.75 Å². The van der Waals surface area contributed by atoms with Crippen LogP contribution in [0, 0.1) is 5.92 Å². The van der Waals surface area contributed by atoms with Gasteiger partial charge >= 0.3 is 0 Å². The topological polar surface area (TPSA) is 49.4 Å². The third kappa shape index (κ3) is 5.36. The fraction of sp³-hybridized carbons (Fsp3) is 1.00. The molecule has 1 saturated heterocycles. The summed E-state index contributed by atoms with van der Waals surface area (Å²) in [5.41, 5.74) is 0. The summed E-state index contributed by atoms with van der Waals surface area (Å²) in [4.78, 5) is 2.33. The van der Waals surface area contributed by atoms with E-state index in [0.29, 0.717) is 30.7 Å². The van der Waals surface area contributed by atoms with Crippen molar-refractivity contribution in [3.05, 3.63) is 0 Å². The van der Waals surface area contributed by atoms with Crippen LogP contribution in [0.4, 0.5) is 0 Å². The van der Waals surface area contributed by atoms with E-state index in [1.54, 1.807) is 0 Å². The number of nitrogens with one attached hydrogen (secondary N) is 1. The fourth-order valence-corrected chi connectivity index (χ4v) is 3.73. The van der Waals surface area contributed by atoms with E-state index < -0.39 is 9.84 Å². The molecule has 0 bridgehead atoms. The Bertz CT molecular complexity index is 316. The lowest BCUT2D eigenvalue weighted by Gasteiger charge is -2.35. The summed E-state index contributed by atoms with van der Waals surface area (Å²) in [6.45, 7) is 6.93. The molecule has 1 rings (SSSR count). The first-order chi connectivity index (χ1) is 7.94. The Hall–Kier alpha value is -0.130. The molecule has 0 amide bonds. The van der Waals surface area contributed by atoms with Gasteiger partial charge in [0, 0.05) is 24.9 Å². The van der Waals surface area contributed by atoms with Crippen LogP contribution in [0.1, 0.15) is 26.7 Å². The summed E-state index contributed by atoms with van der Waals surface area (Å²) in [5, 5.41) is 3.40. The van der Waals surface area contributed by atoms with Crippen molar-refractivity contribution in [1.82, 2.24) is 10.2 Å². The standard InChI is InChI=1S/C12H26N2O2S/c1-4-8-17(15,16)9-6-13-12-5-7-14(3)10-11(12)2/h11-13H,4-10H2,1-3H3. The normalized spacial score (nSPS) is 27.2. The zero-order valence-corrected chi connectivity index (χ0v) is 12.1. The van der Waals surface area contributed by atoms with Crippen molar-refractivity contribution in [3.8, 4) is 0 Å². The summed E-state index contributed by atoms with van der Waals surface area (Å²) in [6, 6.07) is 0.475. The lowest BCUT2D eigenvalue weighted by atomic mass is 9.94. The van der Waals surface area contributed by atoms with Gasteiger partial charge in [-0.15, -0.1) is 0 Å². The average molecular weight is 262 g/mol. The van der Waals surface area contributed by atoms with Crippen molar-refractivity contribution in [2.75, 3.05) is 38.2 Å². The van der Waals surface area contributed by atoms with E-state index in [1.165, 1.54) is 0 Å². The van der Waals surface area contributed by atoms with E-state index in [0.717, 1.165) is 19.5 Å². The fourth-order valence-electron chi connectivity index (χ4n) is 2.47. The average Bonchev–Trinajstić information content (AvgIpc) is 2.21. The Labute approximate surface area is 106 Å². The monoisotopic (exact) mass is 262 g/mol. The van der Waals surface area contributed by atoms with Crippen LogP contribution < -0.4 is 5.32 Å². The number of sulfone groups is 1. The smallest absolute Gasteiger partial charge is 0.151 e. The van der Waals surface area contributed by atoms with Gasteiger partial charge in [-0.1, -0.05) is 13.8 Å². The predicted octanol–water partition coefficient (Wildman–Crippen LogP) is 0.741. The van der Waals surface area contributed by atoms with Crippen LogP contribution in [0.5, 0.6) is 0 Å². The van der Waals surface area contributed by atoms with Gasteiger partial charge < -0.3 is 10.2 Å². The molecular weight excluding hydrogens is 236 g/mol. The second kappa shape index (κ2) is 6.71. The maximum Gasteiger partial charge on any atom is 0.151 e. The number of likely N-dealkylation sites (tertiary alicyclic amines) is 1. The molecule has 1 N–H and O–H groups in total. The molecule has 2 unspecified atom stereocenters. The molecule has 0 aliphatic carbocycles. The zero-order valence-electron chi connectivity index (χ0n) is 11.3.